The summed E-state index contributed by atoms with van der Waals surface area (Å²) >= 11 is 1.17. The molecule has 0 N–H and O–H groups in total. The first-order chi connectivity index (χ1) is 7.15. The highest BCUT2D eigenvalue weighted by atomic mass is 32.2. The van der Waals surface area contributed by atoms with E-state index in [1.807, 2.05) is 0 Å². The molecule has 0 fully saturated rings. The zero-order valence-corrected chi connectivity index (χ0v) is 8.21. The quantitative estimate of drug-likeness (QED) is 0.494. The van der Waals surface area contributed by atoms with Crippen molar-refractivity contribution in [2.45, 2.75) is 0 Å². The molecule has 10 heteroatoms. The summed E-state index contributed by atoms with van der Waals surface area (Å²) in [7, 11) is 0. The number of nitrogens with zero attached hydrogens (tertiary/aromatic N) is 6. The average Bonchev–Trinajstić information content (AvgIpc) is 2.61. The Hall–Kier alpha value is -1.97. The van der Waals surface area contributed by atoms with E-state index in [2.05, 4.69) is 15.2 Å². The lowest BCUT2D eigenvalue weighted by Gasteiger charge is -1.96. The molecule has 0 aliphatic heterocycles. The third-order valence-corrected chi connectivity index (χ3v) is 2.27. The molecule has 0 aliphatic carbocycles. The van der Waals surface area contributed by atoms with Gasteiger partial charge < -0.3 is 10.1 Å². The van der Waals surface area contributed by atoms with Crippen LogP contribution in [0.5, 0.6) is 0 Å². The van der Waals surface area contributed by atoms with Gasteiger partial charge in [-0.25, -0.2) is 4.09 Å². The average molecular weight is 228 g/mol. The molecule has 2 rings (SSSR count). The molecule has 2 aromatic rings. The number of nitro groups is 1. The van der Waals surface area contributed by atoms with Crippen molar-refractivity contribution in [2.24, 2.45) is 0 Å². The van der Waals surface area contributed by atoms with Crippen LogP contribution in [0.15, 0.2) is 11.1 Å². The largest absolute Gasteiger partial charge is 0.458 e. The van der Waals surface area contributed by atoms with Gasteiger partial charge in [0.15, 0.2) is 0 Å². The van der Waals surface area contributed by atoms with Gasteiger partial charge in [0.1, 0.15) is 6.33 Å². The predicted octanol–water partition coefficient (Wildman–Crippen LogP) is -0.680. The van der Waals surface area contributed by atoms with Gasteiger partial charge in [0.25, 0.3) is 5.78 Å². The van der Waals surface area contributed by atoms with Crippen molar-refractivity contribution in [1.29, 1.82) is 0 Å². The summed E-state index contributed by atoms with van der Waals surface area (Å²) < 4.78 is 2.31. The van der Waals surface area contributed by atoms with Gasteiger partial charge in [-0.05, 0) is 16.9 Å². The van der Waals surface area contributed by atoms with Crippen LogP contribution in [0.4, 0.5) is 5.82 Å². The molecule has 0 saturated carbocycles. The van der Waals surface area contributed by atoms with Crippen LogP contribution < -0.4 is 5.56 Å². The molecule has 0 atom stereocenters. The van der Waals surface area contributed by atoms with E-state index in [9.17, 15) is 14.9 Å². The van der Waals surface area contributed by atoms with Gasteiger partial charge in [0.2, 0.25) is 0 Å². The summed E-state index contributed by atoms with van der Waals surface area (Å²) in [5.74, 6) is -0.789. The molecule has 0 aliphatic rings. The lowest BCUT2D eigenvalue weighted by molar-refractivity contribution is -0.391. The lowest BCUT2D eigenvalue weighted by Crippen LogP contribution is -2.23. The summed E-state index contributed by atoms with van der Waals surface area (Å²) in [5.41, 5.74) is -0.850. The SMILES string of the molecule is CSn1cnc2nnc([N+](=O)[O-])c(=O)n21. The van der Waals surface area contributed by atoms with Gasteiger partial charge in [-0.15, -0.1) is 0 Å². The molecule has 9 nitrogen and oxygen atoms in total. The molecule has 78 valence electrons. The third-order valence-electron chi connectivity index (χ3n) is 1.64. The molecule has 0 spiro atoms. The fourth-order valence-electron chi connectivity index (χ4n) is 1.02. The Kier molecular flexibility index (Phi) is 2.11. The van der Waals surface area contributed by atoms with E-state index >= 15 is 0 Å². The maximum absolute atomic E-state index is 11.6. The smallest absolute Gasteiger partial charge is 0.358 e. The Morgan fingerprint density at radius 1 is 1.53 bits per heavy atom. The van der Waals surface area contributed by atoms with Crippen LogP contribution in [0.1, 0.15) is 0 Å². The Balaban J connectivity index is 2.87. The topological polar surface area (TPSA) is 108 Å². The summed E-state index contributed by atoms with van der Waals surface area (Å²) in [5, 5.41) is 17.1. The maximum atomic E-state index is 11.6. The van der Waals surface area contributed by atoms with E-state index in [4.69, 9.17) is 0 Å². The van der Waals surface area contributed by atoms with Gasteiger partial charge in [-0.1, -0.05) is 0 Å². The molecule has 0 aromatic carbocycles. The summed E-state index contributed by atoms with van der Waals surface area (Å²) in [6, 6.07) is 0. The highest BCUT2D eigenvalue weighted by Gasteiger charge is 2.20. The first-order valence-corrected chi connectivity index (χ1v) is 4.85. The highest BCUT2D eigenvalue weighted by molar-refractivity contribution is 7.97. The van der Waals surface area contributed by atoms with E-state index in [0.717, 1.165) is 4.52 Å². The fourth-order valence-corrected chi connectivity index (χ4v) is 1.47. The molecule has 15 heavy (non-hydrogen) atoms. The van der Waals surface area contributed by atoms with E-state index in [-0.39, 0.29) is 5.78 Å². The lowest BCUT2D eigenvalue weighted by atomic mass is 10.7. The van der Waals surface area contributed by atoms with Crippen LogP contribution in [0, 0.1) is 10.1 Å². The second-order valence-electron chi connectivity index (χ2n) is 2.43. The molecule has 2 heterocycles. The van der Waals surface area contributed by atoms with E-state index in [1.54, 1.807) is 6.26 Å². The number of aromatic nitrogens is 5. The van der Waals surface area contributed by atoms with Crippen LogP contribution in [-0.4, -0.2) is 35.0 Å². The van der Waals surface area contributed by atoms with Crippen LogP contribution in [0.25, 0.3) is 5.78 Å². The number of fused-ring (bicyclic) bond motifs is 1. The minimum Gasteiger partial charge on any atom is -0.358 e. The van der Waals surface area contributed by atoms with Crippen molar-refractivity contribution in [3.63, 3.8) is 0 Å². The second-order valence-corrected chi connectivity index (χ2v) is 3.17. The van der Waals surface area contributed by atoms with Crippen molar-refractivity contribution >= 4 is 23.5 Å². The fraction of sp³-hybridized carbons (Fsp3) is 0.200. The van der Waals surface area contributed by atoms with Gasteiger partial charge in [0, 0.05) is 11.4 Å². The first kappa shape index (κ1) is 9.58. The molecule has 2 aromatic heterocycles. The normalized spacial score (nSPS) is 10.7. The minimum absolute atomic E-state index is 0.0277. The predicted molar refractivity (Wildman–Crippen MR) is 50.6 cm³/mol. The van der Waals surface area contributed by atoms with Crippen LogP contribution >= 0.6 is 11.9 Å². The van der Waals surface area contributed by atoms with Gasteiger partial charge >= 0.3 is 11.4 Å². The van der Waals surface area contributed by atoms with Gasteiger partial charge in [-0.2, -0.15) is 9.50 Å². The van der Waals surface area contributed by atoms with Crippen molar-refractivity contribution in [2.75, 3.05) is 6.26 Å². The van der Waals surface area contributed by atoms with Gasteiger partial charge in [0.05, 0.1) is 5.10 Å². The minimum atomic E-state index is -0.876. The summed E-state index contributed by atoms with van der Waals surface area (Å²) in [6.07, 6.45) is 3.03. The highest BCUT2D eigenvalue weighted by Crippen LogP contribution is 2.03. The molecule has 0 bridgehead atoms. The van der Waals surface area contributed by atoms with Crippen LogP contribution in [0.2, 0.25) is 0 Å². The van der Waals surface area contributed by atoms with Crippen LogP contribution in [0.3, 0.4) is 0 Å². The zero-order chi connectivity index (χ0) is 11.0. The van der Waals surface area contributed by atoms with Crippen molar-refractivity contribution in [3.8, 4) is 0 Å². The van der Waals surface area contributed by atoms with E-state index in [1.165, 1.54) is 22.4 Å². The number of hydrogen-bond acceptors (Lipinski definition) is 7. The Labute approximate surface area is 86.0 Å². The molecule has 0 saturated heterocycles. The molecular formula is C5H4N6O3S. The molecule has 0 radical (unpaired) electrons. The van der Waals surface area contributed by atoms with E-state index in [0.29, 0.717) is 0 Å². The Morgan fingerprint density at radius 3 is 2.87 bits per heavy atom. The van der Waals surface area contributed by atoms with Crippen LogP contribution in [-0.2, 0) is 0 Å². The van der Waals surface area contributed by atoms with Crippen molar-refractivity contribution in [3.05, 3.63) is 26.8 Å². The summed E-state index contributed by atoms with van der Waals surface area (Å²) in [4.78, 5) is 24.9. The monoisotopic (exact) mass is 228 g/mol. The third kappa shape index (κ3) is 1.34. The van der Waals surface area contributed by atoms with Crippen molar-refractivity contribution < 1.29 is 4.92 Å². The van der Waals surface area contributed by atoms with E-state index < -0.39 is 16.3 Å². The molecular weight excluding hydrogens is 224 g/mol. The number of hydrogen-bond donors (Lipinski definition) is 0. The first-order valence-electron chi connectivity index (χ1n) is 3.67. The second kappa shape index (κ2) is 3.31. The van der Waals surface area contributed by atoms with Crippen molar-refractivity contribution in [1.82, 2.24) is 23.8 Å². The van der Waals surface area contributed by atoms with Gasteiger partial charge in [-0.3, -0.25) is 4.79 Å². The molecule has 0 unspecified atom stereocenters. The molecule has 0 amide bonds. The Morgan fingerprint density at radius 2 is 2.27 bits per heavy atom. The summed E-state index contributed by atoms with van der Waals surface area (Å²) in [6.45, 7) is 0. The maximum Gasteiger partial charge on any atom is 0.458 e. The standard InChI is InChI=1S/C5H4N6O3S/c1-15-9-2-6-5-8-7-3(11(13)14)4(12)10(5)9/h2H,1H3. The number of rotatable bonds is 2. The zero-order valence-electron chi connectivity index (χ0n) is 7.39. The Bertz CT molecular complexity index is 588.